The van der Waals surface area contributed by atoms with E-state index in [9.17, 15) is 4.79 Å². The normalized spacial score (nSPS) is 28.5. The Kier molecular flexibility index (Phi) is 5.02. The van der Waals surface area contributed by atoms with Crippen LogP contribution in [0.1, 0.15) is 43.2 Å². The maximum absolute atomic E-state index is 12.6. The fourth-order valence-electron chi connectivity index (χ4n) is 4.64. The van der Waals surface area contributed by atoms with E-state index in [1.165, 1.54) is 24.0 Å². The van der Waals surface area contributed by atoms with Crippen LogP contribution in [0.15, 0.2) is 18.5 Å². The Morgan fingerprint density at radius 2 is 2.08 bits per heavy atom. The molecule has 3 aliphatic rings. The summed E-state index contributed by atoms with van der Waals surface area (Å²) in [5, 5.41) is 0. The van der Waals surface area contributed by atoms with Crippen molar-refractivity contribution in [1.82, 2.24) is 19.7 Å². The van der Waals surface area contributed by atoms with E-state index < -0.39 is 0 Å². The third kappa shape index (κ3) is 3.79. The molecular weight excluding hydrogens is 324 g/mol. The average molecular weight is 357 g/mol. The van der Waals surface area contributed by atoms with Crippen LogP contribution in [0.5, 0.6) is 0 Å². The van der Waals surface area contributed by atoms with Crippen LogP contribution in [0.2, 0.25) is 0 Å². The molecule has 3 fully saturated rings. The fraction of sp³-hybridized carbons (Fsp3) is 0.714. The molecule has 0 bridgehead atoms. The average Bonchev–Trinajstić information content (AvgIpc) is 3.46. The highest BCUT2D eigenvalue weighted by Crippen LogP contribution is 2.35. The summed E-state index contributed by atoms with van der Waals surface area (Å²) in [6, 6.07) is 2.15. The summed E-state index contributed by atoms with van der Waals surface area (Å²) >= 11 is 0. The molecule has 1 aliphatic carbocycles. The molecule has 1 aromatic heterocycles. The van der Waals surface area contributed by atoms with Crippen LogP contribution in [0.3, 0.4) is 0 Å². The van der Waals surface area contributed by atoms with Crippen molar-refractivity contribution in [1.29, 1.82) is 0 Å². The molecule has 1 saturated carbocycles. The van der Waals surface area contributed by atoms with Gasteiger partial charge in [0.2, 0.25) is 5.91 Å². The van der Waals surface area contributed by atoms with E-state index in [1.807, 2.05) is 12.4 Å². The van der Waals surface area contributed by atoms with Gasteiger partial charge in [-0.15, -0.1) is 0 Å². The predicted molar refractivity (Wildman–Crippen MR) is 103 cm³/mol. The number of piperazine rings is 1. The summed E-state index contributed by atoms with van der Waals surface area (Å²) in [5.74, 6) is 1.16. The highest BCUT2D eigenvalue weighted by atomic mass is 16.2. The van der Waals surface area contributed by atoms with Crippen molar-refractivity contribution in [3.8, 4) is 0 Å². The Morgan fingerprint density at radius 3 is 2.85 bits per heavy atom. The van der Waals surface area contributed by atoms with Crippen molar-refractivity contribution in [2.75, 3.05) is 39.8 Å². The molecule has 5 heteroatoms. The first-order chi connectivity index (χ1) is 12.6. The number of hydrogen-bond acceptors (Lipinski definition) is 4. The molecule has 0 unspecified atom stereocenters. The third-order valence-electron chi connectivity index (χ3n) is 6.79. The summed E-state index contributed by atoms with van der Waals surface area (Å²) in [7, 11) is 2.26. The lowest BCUT2D eigenvalue weighted by Gasteiger charge is -2.49. The molecule has 5 nitrogen and oxygen atoms in total. The molecule has 1 atom stereocenters. The first-order valence-corrected chi connectivity index (χ1v) is 10.2. The van der Waals surface area contributed by atoms with Crippen LogP contribution >= 0.6 is 0 Å². The third-order valence-corrected chi connectivity index (χ3v) is 6.79. The molecule has 1 spiro atoms. The van der Waals surface area contributed by atoms with Gasteiger partial charge in [0.05, 0.1) is 0 Å². The molecule has 2 aliphatic heterocycles. The Morgan fingerprint density at radius 1 is 1.23 bits per heavy atom. The predicted octanol–water partition coefficient (Wildman–Crippen LogP) is 2.30. The van der Waals surface area contributed by atoms with Crippen LogP contribution < -0.4 is 0 Å². The van der Waals surface area contributed by atoms with E-state index in [0.29, 0.717) is 12.3 Å². The summed E-state index contributed by atoms with van der Waals surface area (Å²) < 4.78 is 0. The van der Waals surface area contributed by atoms with Crippen LogP contribution in [-0.4, -0.2) is 70.9 Å². The number of aromatic nitrogens is 1. The first-order valence-electron chi connectivity index (χ1n) is 10.2. The number of nitrogens with zero attached hydrogens (tertiary/aromatic N) is 4. The molecule has 4 rings (SSSR count). The van der Waals surface area contributed by atoms with Crippen molar-refractivity contribution in [2.45, 2.75) is 51.1 Å². The van der Waals surface area contributed by atoms with Crippen LogP contribution in [0.25, 0.3) is 0 Å². The SMILES string of the molecule is Cc1cnccc1CN1CCN(C)[C@@]2(CCC(=O)N(CC3CC3)CC2)C1. The van der Waals surface area contributed by atoms with E-state index in [4.69, 9.17) is 0 Å². The number of pyridine rings is 1. The van der Waals surface area contributed by atoms with Gasteiger partial charge < -0.3 is 4.90 Å². The van der Waals surface area contributed by atoms with E-state index in [2.05, 4.69) is 39.7 Å². The number of carbonyl (C=O) groups excluding carboxylic acids is 1. The van der Waals surface area contributed by atoms with Gasteiger partial charge in [-0.2, -0.15) is 0 Å². The monoisotopic (exact) mass is 356 g/mol. The van der Waals surface area contributed by atoms with Crippen molar-refractivity contribution in [2.24, 2.45) is 5.92 Å². The largest absolute Gasteiger partial charge is 0.342 e. The van der Waals surface area contributed by atoms with Crippen molar-refractivity contribution >= 4 is 5.91 Å². The second kappa shape index (κ2) is 7.28. The van der Waals surface area contributed by atoms with Gasteiger partial charge in [0.15, 0.2) is 0 Å². The quantitative estimate of drug-likeness (QED) is 0.830. The number of likely N-dealkylation sites (tertiary alicyclic amines) is 1. The fourth-order valence-corrected chi connectivity index (χ4v) is 4.64. The molecule has 0 radical (unpaired) electrons. The van der Waals surface area contributed by atoms with Crippen molar-refractivity contribution in [3.63, 3.8) is 0 Å². The standard InChI is InChI=1S/C21H32N4O/c1-17-13-22-9-6-19(17)15-24-12-11-23(2)21(16-24)7-5-20(26)25(10-8-21)14-18-3-4-18/h6,9,13,18H,3-5,7-8,10-12,14-16H2,1-2H3/t21-/m1/s1. The van der Waals surface area contributed by atoms with Crippen LogP contribution in [0.4, 0.5) is 0 Å². The molecule has 0 N–H and O–H groups in total. The molecule has 142 valence electrons. The van der Waals surface area contributed by atoms with E-state index >= 15 is 0 Å². The maximum atomic E-state index is 12.6. The zero-order valence-electron chi connectivity index (χ0n) is 16.3. The summed E-state index contributed by atoms with van der Waals surface area (Å²) in [6.45, 7) is 8.31. The minimum Gasteiger partial charge on any atom is -0.342 e. The number of likely N-dealkylation sites (N-methyl/N-ethyl adjacent to an activating group) is 1. The maximum Gasteiger partial charge on any atom is 0.222 e. The van der Waals surface area contributed by atoms with Gasteiger partial charge in [0.1, 0.15) is 0 Å². The van der Waals surface area contributed by atoms with Gasteiger partial charge in [-0.1, -0.05) is 0 Å². The second-order valence-corrected chi connectivity index (χ2v) is 8.69. The number of rotatable bonds is 4. The molecule has 1 amide bonds. The molecular formula is C21H32N4O. The Labute approximate surface area is 157 Å². The molecule has 1 aromatic rings. The lowest BCUT2D eigenvalue weighted by Crippen LogP contribution is -2.60. The molecule has 0 aromatic carbocycles. The van der Waals surface area contributed by atoms with Gasteiger partial charge in [0, 0.05) is 63.6 Å². The molecule has 2 saturated heterocycles. The first kappa shape index (κ1) is 17.9. The number of hydrogen-bond donors (Lipinski definition) is 0. The Balaban J connectivity index is 1.45. The lowest BCUT2D eigenvalue weighted by molar-refractivity contribution is -0.131. The minimum atomic E-state index is 0.146. The highest BCUT2D eigenvalue weighted by Gasteiger charge is 2.42. The Bertz CT molecular complexity index is 659. The second-order valence-electron chi connectivity index (χ2n) is 8.69. The molecule has 26 heavy (non-hydrogen) atoms. The summed E-state index contributed by atoms with van der Waals surface area (Å²) in [6.07, 6.45) is 9.29. The van der Waals surface area contributed by atoms with E-state index in [1.54, 1.807) is 0 Å². The highest BCUT2D eigenvalue weighted by molar-refractivity contribution is 5.76. The van der Waals surface area contributed by atoms with Gasteiger partial charge in [0.25, 0.3) is 0 Å². The number of amides is 1. The smallest absolute Gasteiger partial charge is 0.222 e. The van der Waals surface area contributed by atoms with Gasteiger partial charge >= 0.3 is 0 Å². The number of carbonyl (C=O) groups is 1. The zero-order chi connectivity index (χ0) is 18.1. The lowest BCUT2D eigenvalue weighted by atomic mass is 9.86. The topological polar surface area (TPSA) is 39.7 Å². The van der Waals surface area contributed by atoms with Crippen molar-refractivity contribution < 1.29 is 4.79 Å². The molecule has 3 heterocycles. The van der Waals surface area contributed by atoms with E-state index in [0.717, 1.165) is 58.0 Å². The number of aryl methyl sites for hydroxylation is 1. The van der Waals surface area contributed by atoms with Gasteiger partial charge in [-0.05, 0) is 62.8 Å². The van der Waals surface area contributed by atoms with Gasteiger partial charge in [-0.25, -0.2) is 0 Å². The summed E-state index contributed by atoms with van der Waals surface area (Å²) in [4.78, 5) is 24.1. The zero-order valence-corrected chi connectivity index (χ0v) is 16.3. The minimum absolute atomic E-state index is 0.146. The van der Waals surface area contributed by atoms with Crippen LogP contribution in [-0.2, 0) is 11.3 Å². The van der Waals surface area contributed by atoms with E-state index in [-0.39, 0.29) is 5.54 Å². The Hall–Kier alpha value is -1.46. The van der Waals surface area contributed by atoms with Crippen molar-refractivity contribution in [3.05, 3.63) is 29.6 Å². The van der Waals surface area contributed by atoms with Crippen LogP contribution in [0, 0.1) is 12.8 Å². The van der Waals surface area contributed by atoms with Gasteiger partial charge in [-0.3, -0.25) is 19.6 Å². The summed E-state index contributed by atoms with van der Waals surface area (Å²) in [5.41, 5.74) is 2.79.